The summed E-state index contributed by atoms with van der Waals surface area (Å²) < 4.78 is 48.7. The number of halogens is 3. The second-order valence-corrected chi connectivity index (χ2v) is 7.06. The van der Waals surface area contributed by atoms with E-state index in [-0.39, 0.29) is 6.79 Å². The van der Waals surface area contributed by atoms with Crippen molar-refractivity contribution in [3.8, 4) is 11.5 Å². The van der Waals surface area contributed by atoms with E-state index >= 15 is 0 Å². The number of nitrogens with one attached hydrogen (secondary N) is 2. The molecule has 0 fully saturated rings. The molecule has 1 heterocycles. The van der Waals surface area contributed by atoms with Crippen LogP contribution in [0.1, 0.15) is 36.1 Å². The molecule has 2 amide bonds. The molecular weight excluding hydrogens is 427 g/mol. The molecule has 1 unspecified atom stereocenters. The molecule has 1 aliphatic heterocycles. The molecule has 170 valence electrons. The lowest BCUT2D eigenvalue weighted by Gasteiger charge is -2.19. The lowest BCUT2D eigenvalue weighted by atomic mass is 10.0. The van der Waals surface area contributed by atoms with Crippen LogP contribution in [0.25, 0.3) is 0 Å². The SMILES string of the molecule is CCc1ccc(C(CC(=O)N/N=C/Cc2ccc3c(c2)OCO3)NC(=O)C(F)(F)F)cc1. The van der Waals surface area contributed by atoms with Gasteiger partial charge in [0.1, 0.15) is 0 Å². The minimum Gasteiger partial charge on any atom is -0.454 e. The van der Waals surface area contributed by atoms with Gasteiger partial charge in [-0.05, 0) is 35.2 Å². The lowest BCUT2D eigenvalue weighted by molar-refractivity contribution is -0.174. The predicted molar refractivity (Wildman–Crippen MR) is 110 cm³/mol. The number of nitrogens with zero attached hydrogens (tertiary/aromatic N) is 1. The van der Waals surface area contributed by atoms with Gasteiger partial charge < -0.3 is 14.8 Å². The van der Waals surface area contributed by atoms with Crippen molar-refractivity contribution in [2.45, 2.75) is 38.4 Å². The Hall–Kier alpha value is -3.56. The highest BCUT2D eigenvalue weighted by atomic mass is 19.4. The zero-order chi connectivity index (χ0) is 23.1. The molecule has 0 saturated carbocycles. The Morgan fingerprint density at radius 2 is 1.78 bits per heavy atom. The van der Waals surface area contributed by atoms with Crippen molar-refractivity contribution < 1.29 is 32.2 Å². The van der Waals surface area contributed by atoms with E-state index < -0.39 is 30.5 Å². The Kier molecular flexibility index (Phi) is 7.34. The van der Waals surface area contributed by atoms with E-state index in [2.05, 4.69) is 10.5 Å². The first-order chi connectivity index (χ1) is 15.3. The summed E-state index contributed by atoms with van der Waals surface area (Å²) in [6, 6.07) is 10.9. The summed E-state index contributed by atoms with van der Waals surface area (Å²) in [6.45, 7) is 2.10. The van der Waals surface area contributed by atoms with E-state index in [0.717, 1.165) is 17.5 Å². The van der Waals surface area contributed by atoms with Crippen molar-refractivity contribution in [1.82, 2.24) is 10.7 Å². The van der Waals surface area contributed by atoms with Gasteiger partial charge in [0.05, 0.1) is 12.5 Å². The number of carbonyl (C=O) groups is 2. The summed E-state index contributed by atoms with van der Waals surface area (Å²) in [7, 11) is 0. The van der Waals surface area contributed by atoms with Gasteiger partial charge in [0.15, 0.2) is 11.5 Å². The van der Waals surface area contributed by atoms with Gasteiger partial charge >= 0.3 is 12.1 Å². The molecule has 3 rings (SSSR count). The molecule has 0 aliphatic carbocycles. The summed E-state index contributed by atoms with van der Waals surface area (Å²) in [4.78, 5) is 23.7. The standard InChI is InChI=1S/C22H22F3N3O4/c1-2-14-3-6-16(7-4-14)17(27-21(30)22(23,24)25)12-20(29)28-26-10-9-15-5-8-18-19(11-15)32-13-31-18/h3-8,10-11,17H,2,9,12-13H2,1H3,(H,27,30)(H,28,29)/b26-10+. The van der Waals surface area contributed by atoms with Crippen LogP contribution in [0.5, 0.6) is 11.5 Å². The number of hydrogen-bond acceptors (Lipinski definition) is 5. The molecule has 32 heavy (non-hydrogen) atoms. The lowest BCUT2D eigenvalue weighted by Crippen LogP contribution is -2.40. The molecular formula is C22H22F3N3O4. The minimum absolute atomic E-state index is 0.163. The Labute approximate surface area is 182 Å². The Bertz CT molecular complexity index is 991. The van der Waals surface area contributed by atoms with E-state index in [0.29, 0.717) is 23.5 Å². The molecule has 0 spiro atoms. The van der Waals surface area contributed by atoms with Crippen LogP contribution >= 0.6 is 0 Å². The number of benzene rings is 2. The highest BCUT2D eigenvalue weighted by Gasteiger charge is 2.40. The second-order valence-electron chi connectivity index (χ2n) is 7.06. The maximum absolute atomic E-state index is 12.7. The summed E-state index contributed by atoms with van der Waals surface area (Å²) in [5.41, 5.74) is 4.52. The van der Waals surface area contributed by atoms with Gasteiger partial charge in [0.2, 0.25) is 12.7 Å². The van der Waals surface area contributed by atoms with Gasteiger partial charge in [-0.1, -0.05) is 37.3 Å². The molecule has 0 bridgehead atoms. The number of carbonyl (C=O) groups excluding carboxylic acids is 2. The monoisotopic (exact) mass is 449 g/mol. The fourth-order valence-corrected chi connectivity index (χ4v) is 3.05. The largest absolute Gasteiger partial charge is 0.471 e. The maximum Gasteiger partial charge on any atom is 0.471 e. The molecule has 0 saturated heterocycles. The van der Waals surface area contributed by atoms with Crippen LogP contribution in [0.4, 0.5) is 13.2 Å². The van der Waals surface area contributed by atoms with Gasteiger partial charge in [-0.15, -0.1) is 0 Å². The predicted octanol–water partition coefficient (Wildman–Crippen LogP) is 3.43. The summed E-state index contributed by atoms with van der Waals surface area (Å²) in [5.74, 6) is -1.48. The Morgan fingerprint density at radius 3 is 2.47 bits per heavy atom. The molecule has 1 atom stereocenters. The van der Waals surface area contributed by atoms with Crippen LogP contribution in [0, 0.1) is 0 Å². The highest BCUT2D eigenvalue weighted by molar-refractivity contribution is 5.83. The van der Waals surface area contributed by atoms with Crippen molar-refractivity contribution in [3.05, 3.63) is 59.2 Å². The fraction of sp³-hybridized carbons (Fsp3) is 0.318. The second kappa shape index (κ2) is 10.2. The molecule has 10 heteroatoms. The zero-order valence-electron chi connectivity index (χ0n) is 17.2. The Morgan fingerprint density at radius 1 is 1.09 bits per heavy atom. The molecule has 2 aromatic rings. The third kappa shape index (κ3) is 6.22. The molecule has 0 aromatic heterocycles. The number of fused-ring (bicyclic) bond motifs is 1. The first kappa shape index (κ1) is 23.1. The van der Waals surface area contributed by atoms with Gasteiger partial charge in [-0.2, -0.15) is 18.3 Å². The number of amides is 2. The number of hydrazone groups is 1. The number of rotatable bonds is 8. The van der Waals surface area contributed by atoms with Crippen LogP contribution in [-0.4, -0.2) is 31.0 Å². The molecule has 1 aliphatic rings. The number of ether oxygens (including phenoxy) is 2. The first-order valence-corrected chi connectivity index (χ1v) is 9.91. The maximum atomic E-state index is 12.7. The van der Waals surface area contributed by atoms with E-state index in [1.54, 1.807) is 36.4 Å². The van der Waals surface area contributed by atoms with Crippen LogP contribution in [-0.2, 0) is 22.4 Å². The van der Waals surface area contributed by atoms with Crippen LogP contribution < -0.4 is 20.2 Å². The molecule has 0 radical (unpaired) electrons. The van der Waals surface area contributed by atoms with E-state index in [9.17, 15) is 22.8 Å². The number of aryl methyl sites for hydroxylation is 1. The first-order valence-electron chi connectivity index (χ1n) is 9.91. The topological polar surface area (TPSA) is 89.0 Å². The normalized spacial score (nSPS) is 13.8. The average Bonchev–Trinajstić information content (AvgIpc) is 3.23. The molecule has 2 N–H and O–H groups in total. The van der Waals surface area contributed by atoms with Crippen molar-refractivity contribution in [2.75, 3.05) is 6.79 Å². The molecule has 2 aromatic carbocycles. The highest BCUT2D eigenvalue weighted by Crippen LogP contribution is 2.32. The quantitative estimate of drug-likeness (QED) is 0.477. The summed E-state index contributed by atoms with van der Waals surface area (Å²) >= 11 is 0. The average molecular weight is 449 g/mol. The smallest absolute Gasteiger partial charge is 0.454 e. The zero-order valence-corrected chi connectivity index (χ0v) is 17.2. The van der Waals surface area contributed by atoms with Crippen molar-refractivity contribution in [2.24, 2.45) is 5.10 Å². The minimum atomic E-state index is -5.05. The number of alkyl halides is 3. The van der Waals surface area contributed by atoms with Crippen LogP contribution in [0.3, 0.4) is 0 Å². The van der Waals surface area contributed by atoms with Gasteiger partial charge in [0.25, 0.3) is 0 Å². The van der Waals surface area contributed by atoms with Gasteiger partial charge in [0, 0.05) is 12.6 Å². The van der Waals surface area contributed by atoms with E-state index in [4.69, 9.17) is 9.47 Å². The van der Waals surface area contributed by atoms with Gasteiger partial charge in [-0.3, -0.25) is 9.59 Å². The van der Waals surface area contributed by atoms with Crippen molar-refractivity contribution in [1.29, 1.82) is 0 Å². The van der Waals surface area contributed by atoms with Gasteiger partial charge in [-0.25, -0.2) is 5.43 Å². The Balaban J connectivity index is 1.59. The summed E-state index contributed by atoms with van der Waals surface area (Å²) in [6.07, 6.45) is -2.87. The van der Waals surface area contributed by atoms with Crippen molar-refractivity contribution in [3.63, 3.8) is 0 Å². The van der Waals surface area contributed by atoms with E-state index in [1.165, 1.54) is 6.21 Å². The van der Waals surface area contributed by atoms with Crippen molar-refractivity contribution >= 4 is 18.0 Å². The molecule has 7 nitrogen and oxygen atoms in total. The number of hydrogen-bond donors (Lipinski definition) is 2. The summed E-state index contributed by atoms with van der Waals surface area (Å²) in [5, 5.41) is 5.71. The third-order valence-corrected chi connectivity index (χ3v) is 4.79. The van der Waals surface area contributed by atoms with Crippen LogP contribution in [0.15, 0.2) is 47.6 Å². The third-order valence-electron chi connectivity index (χ3n) is 4.79. The fourth-order valence-electron chi connectivity index (χ4n) is 3.05. The van der Waals surface area contributed by atoms with E-state index in [1.807, 2.05) is 18.3 Å². The van der Waals surface area contributed by atoms with Crippen LogP contribution in [0.2, 0.25) is 0 Å².